The van der Waals surface area contributed by atoms with Crippen molar-refractivity contribution in [2.45, 2.75) is 18.9 Å². The molecule has 2 aliphatic rings. The van der Waals surface area contributed by atoms with E-state index < -0.39 is 0 Å². The zero-order valence-corrected chi connectivity index (χ0v) is 11.4. The first-order chi connectivity index (χ1) is 8.24. The summed E-state index contributed by atoms with van der Waals surface area (Å²) in [5.41, 5.74) is 0. The molecule has 2 rings (SSSR count). The smallest absolute Gasteiger partial charge is 0.0828 e. The number of nitrogens with zero attached hydrogens (tertiary/aromatic N) is 3. The Morgan fingerprint density at radius 1 is 0.941 bits per heavy atom. The van der Waals surface area contributed by atoms with Gasteiger partial charge in [0.2, 0.25) is 0 Å². The van der Waals surface area contributed by atoms with Gasteiger partial charge in [-0.1, -0.05) is 0 Å². The third-order valence-corrected chi connectivity index (χ3v) is 3.83. The van der Waals surface area contributed by atoms with Crippen molar-refractivity contribution >= 4 is 0 Å². The van der Waals surface area contributed by atoms with Crippen LogP contribution in [0.4, 0.5) is 0 Å². The van der Waals surface area contributed by atoms with Crippen LogP contribution in [-0.2, 0) is 4.74 Å². The van der Waals surface area contributed by atoms with Crippen LogP contribution in [0.25, 0.3) is 0 Å². The van der Waals surface area contributed by atoms with Gasteiger partial charge >= 0.3 is 0 Å². The molecule has 0 aromatic carbocycles. The van der Waals surface area contributed by atoms with E-state index in [0.717, 1.165) is 19.7 Å². The molecule has 2 aliphatic heterocycles. The normalized spacial score (nSPS) is 31.1. The Morgan fingerprint density at radius 2 is 1.76 bits per heavy atom. The van der Waals surface area contributed by atoms with Gasteiger partial charge in [0.25, 0.3) is 0 Å². The van der Waals surface area contributed by atoms with Gasteiger partial charge in [-0.2, -0.15) is 0 Å². The van der Waals surface area contributed by atoms with E-state index in [2.05, 4.69) is 28.8 Å². The number of ether oxygens (including phenoxy) is 1. The lowest BCUT2D eigenvalue weighted by atomic mass is 10.3. The van der Waals surface area contributed by atoms with Gasteiger partial charge in [0, 0.05) is 39.3 Å². The summed E-state index contributed by atoms with van der Waals surface area (Å²) in [6.07, 6.45) is 2.88. The number of hydrogen-bond donors (Lipinski definition) is 0. The molecule has 17 heavy (non-hydrogen) atoms. The molecule has 0 bridgehead atoms. The molecule has 0 aliphatic carbocycles. The molecule has 4 heteroatoms. The van der Waals surface area contributed by atoms with Gasteiger partial charge < -0.3 is 14.5 Å². The van der Waals surface area contributed by atoms with Crippen molar-refractivity contribution < 1.29 is 4.74 Å². The second kappa shape index (κ2) is 6.69. The Labute approximate surface area is 105 Å². The van der Waals surface area contributed by atoms with Gasteiger partial charge in [0.05, 0.1) is 6.10 Å². The SMILES string of the molecule is CN1CCCN(CC2CN(C)CCCO2)CC1. The maximum absolute atomic E-state index is 5.95. The van der Waals surface area contributed by atoms with Crippen LogP contribution >= 0.6 is 0 Å². The van der Waals surface area contributed by atoms with E-state index >= 15 is 0 Å². The topological polar surface area (TPSA) is 19.0 Å². The van der Waals surface area contributed by atoms with Crippen LogP contribution in [0.1, 0.15) is 12.8 Å². The zero-order chi connectivity index (χ0) is 12.1. The summed E-state index contributed by atoms with van der Waals surface area (Å²) in [7, 11) is 4.43. The van der Waals surface area contributed by atoms with Crippen molar-refractivity contribution in [2.75, 3.05) is 66.5 Å². The van der Waals surface area contributed by atoms with Crippen molar-refractivity contribution in [3.63, 3.8) is 0 Å². The summed E-state index contributed by atoms with van der Waals surface area (Å²) in [5.74, 6) is 0. The predicted octanol–water partition coefficient (Wildman–Crippen LogP) is 0.345. The highest BCUT2D eigenvalue weighted by Crippen LogP contribution is 2.08. The van der Waals surface area contributed by atoms with Crippen molar-refractivity contribution in [1.29, 1.82) is 0 Å². The molecule has 0 aromatic heterocycles. The largest absolute Gasteiger partial charge is 0.376 e. The van der Waals surface area contributed by atoms with E-state index in [4.69, 9.17) is 4.74 Å². The Balaban J connectivity index is 1.78. The quantitative estimate of drug-likeness (QED) is 0.694. The van der Waals surface area contributed by atoms with Crippen LogP contribution in [0.3, 0.4) is 0 Å². The lowest BCUT2D eigenvalue weighted by Gasteiger charge is -2.27. The average molecular weight is 241 g/mol. The van der Waals surface area contributed by atoms with Gasteiger partial charge in [-0.15, -0.1) is 0 Å². The van der Waals surface area contributed by atoms with Crippen molar-refractivity contribution in [2.24, 2.45) is 0 Å². The molecule has 0 radical (unpaired) electrons. The molecule has 2 fully saturated rings. The Hall–Kier alpha value is -0.160. The van der Waals surface area contributed by atoms with E-state index in [1.165, 1.54) is 45.6 Å². The van der Waals surface area contributed by atoms with Crippen LogP contribution < -0.4 is 0 Å². The van der Waals surface area contributed by atoms with E-state index in [1.54, 1.807) is 0 Å². The zero-order valence-electron chi connectivity index (χ0n) is 11.4. The molecule has 0 N–H and O–H groups in total. The first kappa shape index (κ1) is 13.3. The second-order valence-corrected chi connectivity index (χ2v) is 5.57. The summed E-state index contributed by atoms with van der Waals surface area (Å²) in [5, 5.41) is 0. The van der Waals surface area contributed by atoms with Crippen LogP contribution in [-0.4, -0.2) is 87.3 Å². The molecule has 2 saturated heterocycles. The fourth-order valence-corrected chi connectivity index (χ4v) is 2.76. The first-order valence-electron chi connectivity index (χ1n) is 6.95. The summed E-state index contributed by atoms with van der Waals surface area (Å²) >= 11 is 0. The number of hydrogen-bond acceptors (Lipinski definition) is 4. The van der Waals surface area contributed by atoms with E-state index in [-0.39, 0.29) is 0 Å². The first-order valence-corrected chi connectivity index (χ1v) is 6.95. The Morgan fingerprint density at radius 3 is 2.65 bits per heavy atom. The Kier molecular flexibility index (Phi) is 5.22. The molecular formula is C13H27N3O. The molecule has 100 valence electrons. The average Bonchev–Trinajstić information content (AvgIpc) is 2.61. The van der Waals surface area contributed by atoms with Crippen LogP contribution in [0.2, 0.25) is 0 Å². The van der Waals surface area contributed by atoms with Crippen LogP contribution in [0, 0.1) is 0 Å². The van der Waals surface area contributed by atoms with Crippen molar-refractivity contribution in [3.8, 4) is 0 Å². The van der Waals surface area contributed by atoms with Gasteiger partial charge in [-0.05, 0) is 40.0 Å². The minimum Gasteiger partial charge on any atom is -0.376 e. The minimum atomic E-state index is 0.408. The van der Waals surface area contributed by atoms with Gasteiger partial charge in [0.15, 0.2) is 0 Å². The molecular weight excluding hydrogens is 214 g/mol. The third-order valence-electron chi connectivity index (χ3n) is 3.83. The van der Waals surface area contributed by atoms with Gasteiger partial charge in [0.1, 0.15) is 0 Å². The molecule has 1 atom stereocenters. The monoisotopic (exact) mass is 241 g/mol. The highest BCUT2D eigenvalue weighted by atomic mass is 16.5. The highest BCUT2D eigenvalue weighted by molar-refractivity contribution is 4.75. The highest BCUT2D eigenvalue weighted by Gasteiger charge is 2.20. The van der Waals surface area contributed by atoms with Crippen LogP contribution in [0.15, 0.2) is 0 Å². The standard InChI is InChI=1S/C13H27N3O/c1-14-5-3-7-16(9-8-14)12-13-11-15(2)6-4-10-17-13/h13H,3-12H2,1-2H3. The van der Waals surface area contributed by atoms with E-state index in [9.17, 15) is 0 Å². The fraction of sp³-hybridized carbons (Fsp3) is 1.00. The molecule has 0 aromatic rings. The van der Waals surface area contributed by atoms with Crippen molar-refractivity contribution in [3.05, 3.63) is 0 Å². The lowest BCUT2D eigenvalue weighted by molar-refractivity contribution is 0.0300. The summed E-state index contributed by atoms with van der Waals surface area (Å²) in [6, 6.07) is 0. The summed E-state index contributed by atoms with van der Waals surface area (Å²) in [4.78, 5) is 7.41. The third kappa shape index (κ3) is 4.54. The molecule has 0 spiro atoms. The van der Waals surface area contributed by atoms with Gasteiger partial charge in [-0.3, -0.25) is 4.90 Å². The Bertz CT molecular complexity index is 225. The summed E-state index contributed by atoms with van der Waals surface area (Å²) < 4.78 is 5.95. The minimum absolute atomic E-state index is 0.408. The molecule has 4 nitrogen and oxygen atoms in total. The summed E-state index contributed by atoms with van der Waals surface area (Å²) in [6.45, 7) is 9.17. The molecule has 0 amide bonds. The van der Waals surface area contributed by atoms with E-state index in [1.807, 2.05) is 0 Å². The molecule has 1 unspecified atom stereocenters. The maximum Gasteiger partial charge on any atom is 0.0828 e. The second-order valence-electron chi connectivity index (χ2n) is 5.57. The molecule has 2 heterocycles. The molecule has 0 saturated carbocycles. The van der Waals surface area contributed by atoms with Crippen LogP contribution in [0.5, 0.6) is 0 Å². The maximum atomic E-state index is 5.95. The van der Waals surface area contributed by atoms with E-state index in [0.29, 0.717) is 6.10 Å². The number of rotatable bonds is 2. The number of likely N-dealkylation sites (N-methyl/N-ethyl adjacent to an activating group) is 2. The predicted molar refractivity (Wildman–Crippen MR) is 70.4 cm³/mol. The lowest BCUT2D eigenvalue weighted by Crippen LogP contribution is -2.40. The fourth-order valence-electron chi connectivity index (χ4n) is 2.76. The van der Waals surface area contributed by atoms with Crippen molar-refractivity contribution in [1.82, 2.24) is 14.7 Å². The van der Waals surface area contributed by atoms with Gasteiger partial charge in [-0.25, -0.2) is 0 Å².